The first-order valence-corrected chi connectivity index (χ1v) is 11.6. The summed E-state index contributed by atoms with van der Waals surface area (Å²) in [6.45, 7) is 2.41. The number of benzene rings is 1. The van der Waals surface area contributed by atoms with Crippen LogP contribution in [0, 0.1) is 0 Å². The van der Waals surface area contributed by atoms with Crippen LogP contribution in [0.15, 0.2) is 51.0 Å². The fourth-order valence-electron chi connectivity index (χ4n) is 3.87. The van der Waals surface area contributed by atoms with Gasteiger partial charge in [-0.25, -0.2) is 9.78 Å². The minimum absolute atomic E-state index is 0.262. The van der Waals surface area contributed by atoms with Crippen molar-refractivity contribution in [3.05, 3.63) is 64.1 Å². The van der Waals surface area contributed by atoms with Crippen molar-refractivity contribution in [3.63, 3.8) is 0 Å². The van der Waals surface area contributed by atoms with E-state index in [1.54, 1.807) is 24.5 Å². The van der Waals surface area contributed by atoms with Crippen LogP contribution in [0.4, 0.5) is 5.95 Å². The molecule has 5 rings (SSSR count). The topological polar surface area (TPSA) is 119 Å². The molecule has 0 saturated carbocycles. The molecule has 0 spiro atoms. The molecule has 0 bridgehead atoms. The number of hydrogen-bond donors (Lipinski definition) is 1. The van der Waals surface area contributed by atoms with E-state index in [0.29, 0.717) is 39.7 Å². The maximum atomic E-state index is 12.5. The minimum atomic E-state index is -0.477. The van der Waals surface area contributed by atoms with Crippen LogP contribution in [0.1, 0.15) is 34.8 Å². The van der Waals surface area contributed by atoms with Gasteiger partial charge in [0.25, 0.3) is 5.56 Å². The average Bonchev–Trinajstić information content (AvgIpc) is 3.60. The molecule has 170 valence electrons. The molecule has 3 aromatic heterocycles. The zero-order chi connectivity index (χ0) is 22.8. The van der Waals surface area contributed by atoms with Gasteiger partial charge in [-0.3, -0.25) is 9.36 Å². The van der Waals surface area contributed by atoms with Crippen molar-refractivity contribution in [2.24, 2.45) is 0 Å². The Balaban J connectivity index is 1.42. The Labute approximate surface area is 193 Å². The number of nitrogens with zero attached hydrogens (tertiary/aromatic N) is 5. The van der Waals surface area contributed by atoms with Gasteiger partial charge in [0, 0.05) is 13.1 Å². The highest BCUT2D eigenvalue weighted by Gasteiger charge is 2.22. The number of ether oxygens (including phenoxy) is 1. The van der Waals surface area contributed by atoms with Gasteiger partial charge in [0.1, 0.15) is 11.6 Å². The number of furan rings is 1. The summed E-state index contributed by atoms with van der Waals surface area (Å²) in [5.41, 5.74) is 0.518. The molecule has 1 saturated heterocycles. The Morgan fingerprint density at radius 2 is 2.09 bits per heavy atom. The molecule has 4 heterocycles. The predicted octanol–water partition coefficient (Wildman–Crippen LogP) is 2.84. The molecule has 10 nitrogen and oxygen atoms in total. The van der Waals surface area contributed by atoms with Gasteiger partial charge in [-0.05, 0) is 43.2 Å². The first-order chi connectivity index (χ1) is 16.1. The minimum Gasteiger partial charge on any atom is -0.467 e. The van der Waals surface area contributed by atoms with E-state index in [1.807, 2.05) is 16.7 Å². The van der Waals surface area contributed by atoms with Gasteiger partial charge < -0.3 is 19.0 Å². The van der Waals surface area contributed by atoms with E-state index in [9.17, 15) is 9.59 Å². The lowest BCUT2D eigenvalue weighted by atomic mass is 10.1. The molecule has 1 fully saturated rings. The largest absolute Gasteiger partial charge is 0.467 e. The molecule has 0 atom stereocenters. The van der Waals surface area contributed by atoms with Crippen LogP contribution in [-0.2, 0) is 17.0 Å². The monoisotopic (exact) mass is 466 g/mol. The number of carbonyl (C=O) groups excluding carboxylic acids is 1. The zero-order valence-electron chi connectivity index (χ0n) is 18.0. The first-order valence-electron chi connectivity index (χ1n) is 10.6. The summed E-state index contributed by atoms with van der Waals surface area (Å²) in [4.78, 5) is 34.0. The van der Waals surface area contributed by atoms with E-state index < -0.39 is 5.97 Å². The molecule has 1 aliphatic rings. The van der Waals surface area contributed by atoms with Crippen LogP contribution in [0.3, 0.4) is 0 Å². The number of H-pyrrole nitrogens is 1. The number of rotatable bonds is 7. The number of hydrogen-bond acceptors (Lipinski definition) is 9. The van der Waals surface area contributed by atoms with Crippen LogP contribution in [0.25, 0.3) is 10.9 Å². The van der Waals surface area contributed by atoms with E-state index >= 15 is 0 Å². The lowest BCUT2D eigenvalue weighted by Gasteiger charge is -2.17. The lowest BCUT2D eigenvalue weighted by Crippen LogP contribution is -2.22. The number of anilines is 1. The second-order valence-electron chi connectivity index (χ2n) is 7.67. The van der Waals surface area contributed by atoms with Crippen LogP contribution in [-0.4, -0.2) is 50.9 Å². The number of nitrogens with one attached hydrogen (secondary N) is 1. The van der Waals surface area contributed by atoms with Gasteiger partial charge in [-0.15, -0.1) is 10.2 Å². The van der Waals surface area contributed by atoms with Crippen molar-refractivity contribution < 1.29 is 13.9 Å². The molecule has 0 amide bonds. The fraction of sp³-hybridized carbons (Fsp3) is 0.318. The highest BCUT2D eigenvalue weighted by Crippen LogP contribution is 2.27. The molecular formula is C22H22N6O4S. The Morgan fingerprint density at radius 1 is 1.24 bits per heavy atom. The highest BCUT2D eigenvalue weighted by atomic mass is 32.2. The Hall–Kier alpha value is -3.60. The standard InChI is InChI=1S/C22H22N6O4S/c1-31-20(30)14-6-7-16-17(11-14)23-18(24-19(16)29)13-33-22-26-25-21(27-8-2-3-9-27)28(22)12-15-5-4-10-32-15/h4-7,10-11H,2-3,8-9,12-13H2,1H3,(H,23,24,29). The molecule has 1 N–H and O–H groups in total. The fourth-order valence-corrected chi connectivity index (χ4v) is 4.67. The first kappa shape index (κ1) is 21.3. The molecular weight excluding hydrogens is 444 g/mol. The maximum Gasteiger partial charge on any atom is 0.337 e. The van der Waals surface area contributed by atoms with Crippen LogP contribution >= 0.6 is 11.8 Å². The van der Waals surface area contributed by atoms with Crippen molar-refractivity contribution >= 4 is 34.6 Å². The SMILES string of the molecule is COC(=O)c1ccc2c(=O)[nH]c(CSc3nnc(N4CCCC4)n3Cc3ccco3)nc2c1. The van der Waals surface area contributed by atoms with E-state index in [2.05, 4.69) is 25.1 Å². The molecule has 0 radical (unpaired) electrons. The summed E-state index contributed by atoms with van der Waals surface area (Å²) in [6.07, 6.45) is 3.91. The number of aromatic nitrogens is 5. The second kappa shape index (κ2) is 9.10. The van der Waals surface area contributed by atoms with Gasteiger partial charge in [-0.1, -0.05) is 11.8 Å². The number of esters is 1. The normalized spacial score (nSPS) is 13.7. The van der Waals surface area contributed by atoms with Crippen molar-refractivity contribution in [1.29, 1.82) is 0 Å². The average molecular weight is 467 g/mol. The van der Waals surface area contributed by atoms with E-state index in [1.165, 1.54) is 18.9 Å². The second-order valence-corrected chi connectivity index (χ2v) is 8.61. The molecule has 33 heavy (non-hydrogen) atoms. The number of aromatic amines is 1. The molecule has 0 unspecified atom stereocenters. The Bertz CT molecular complexity index is 1340. The van der Waals surface area contributed by atoms with Crippen LogP contribution in [0.2, 0.25) is 0 Å². The summed E-state index contributed by atoms with van der Waals surface area (Å²) < 4.78 is 12.3. The van der Waals surface area contributed by atoms with Gasteiger partial charge in [-0.2, -0.15) is 0 Å². The summed E-state index contributed by atoms with van der Waals surface area (Å²) in [7, 11) is 1.31. The third-order valence-corrected chi connectivity index (χ3v) is 6.47. The molecule has 0 aliphatic carbocycles. The van der Waals surface area contributed by atoms with Crippen molar-refractivity contribution in [1.82, 2.24) is 24.7 Å². The van der Waals surface area contributed by atoms with Crippen molar-refractivity contribution in [2.75, 3.05) is 25.1 Å². The van der Waals surface area contributed by atoms with Gasteiger partial charge in [0.15, 0.2) is 5.16 Å². The summed E-state index contributed by atoms with van der Waals surface area (Å²) >= 11 is 1.43. The maximum absolute atomic E-state index is 12.5. The quantitative estimate of drug-likeness (QED) is 0.324. The van der Waals surface area contributed by atoms with Crippen molar-refractivity contribution in [2.45, 2.75) is 30.3 Å². The van der Waals surface area contributed by atoms with Crippen molar-refractivity contribution in [3.8, 4) is 0 Å². The summed E-state index contributed by atoms with van der Waals surface area (Å²) in [6, 6.07) is 8.47. The van der Waals surface area contributed by atoms with Crippen LogP contribution < -0.4 is 10.5 Å². The molecule has 11 heteroatoms. The summed E-state index contributed by atoms with van der Waals surface area (Å²) in [5.74, 6) is 2.01. The highest BCUT2D eigenvalue weighted by molar-refractivity contribution is 7.98. The Kier molecular flexibility index (Phi) is 5.86. The van der Waals surface area contributed by atoms with Gasteiger partial charge in [0.2, 0.25) is 5.95 Å². The Morgan fingerprint density at radius 3 is 2.85 bits per heavy atom. The number of thioether (sulfide) groups is 1. The third kappa shape index (κ3) is 4.36. The van der Waals surface area contributed by atoms with Crippen LogP contribution in [0.5, 0.6) is 0 Å². The number of carbonyl (C=O) groups is 1. The number of methoxy groups -OCH3 is 1. The molecule has 1 aromatic carbocycles. The lowest BCUT2D eigenvalue weighted by molar-refractivity contribution is 0.0601. The molecule has 1 aliphatic heterocycles. The van der Waals surface area contributed by atoms with Gasteiger partial charge >= 0.3 is 5.97 Å². The third-order valence-electron chi connectivity index (χ3n) is 5.49. The molecule has 4 aromatic rings. The van der Waals surface area contributed by atoms with Gasteiger partial charge in [0.05, 0.1) is 42.1 Å². The predicted molar refractivity (Wildman–Crippen MR) is 123 cm³/mol. The number of fused-ring (bicyclic) bond motifs is 1. The van der Waals surface area contributed by atoms with E-state index in [0.717, 1.165) is 37.6 Å². The summed E-state index contributed by atoms with van der Waals surface area (Å²) in [5, 5.41) is 9.95. The smallest absolute Gasteiger partial charge is 0.337 e. The zero-order valence-corrected chi connectivity index (χ0v) is 18.8. The van der Waals surface area contributed by atoms with E-state index in [4.69, 9.17) is 9.15 Å². The van der Waals surface area contributed by atoms with E-state index in [-0.39, 0.29) is 5.56 Å².